The Bertz CT molecular complexity index is 898. The Morgan fingerprint density at radius 1 is 1.14 bits per heavy atom. The van der Waals surface area contributed by atoms with Gasteiger partial charge < -0.3 is 23.7 Å². The molecule has 0 bridgehead atoms. The van der Waals surface area contributed by atoms with E-state index >= 15 is 0 Å². The molecular formula is C21H27N3O5. The Balaban J connectivity index is 1.67. The third-order valence-electron chi connectivity index (χ3n) is 5.18. The number of carbonyl (C=O) groups is 2. The van der Waals surface area contributed by atoms with Gasteiger partial charge in [0.2, 0.25) is 0 Å². The van der Waals surface area contributed by atoms with E-state index in [1.807, 2.05) is 4.90 Å². The zero-order chi connectivity index (χ0) is 21.1. The normalized spacial score (nSPS) is 14.6. The Hall–Kier alpha value is -3.03. The van der Waals surface area contributed by atoms with E-state index in [4.69, 9.17) is 13.9 Å². The number of methoxy groups -OCH3 is 2. The first kappa shape index (κ1) is 20.7. The minimum atomic E-state index is -0.168. The van der Waals surface area contributed by atoms with Gasteiger partial charge in [0.1, 0.15) is 5.76 Å². The number of likely N-dealkylation sites (tertiary alicyclic amines) is 1. The number of aryl methyl sites for hydroxylation is 1. The number of oxazole rings is 1. The number of aromatic nitrogens is 1. The van der Waals surface area contributed by atoms with Gasteiger partial charge in [-0.3, -0.25) is 9.59 Å². The van der Waals surface area contributed by atoms with E-state index in [1.165, 1.54) is 4.90 Å². The Labute approximate surface area is 170 Å². The second-order valence-corrected chi connectivity index (χ2v) is 7.29. The summed E-state index contributed by atoms with van der Waals surface area (Å²) >= 11 is 0. The molecule has 1 saturated heterocycles. The Morgan fingerprint density at radius 3 is 2.38 bits per heavy atom. The Kier molecular flexibility index (Phi) is 6.10. The van der Waals surface area contributed by atoms with Crippen molar-refractivity contribution in [1.29, 1.82) is 0 Å². The number of rotatable bonds is 5. The summed E-state index contributed by atoms with van der Waals surface area (Å²) in [5.74, 6) is 2.10. The largest absolute Gasteiger partial charge is 0.493 e. The fourth-order valence-electron chi connectivity index (χ4n) is 3.48. The molecule has 8 heteroatoms. The van der Waals surface area contributed by atoms with Gasteiger partial charge in [-0.2, -0.15) is 0 Å². The molecule has 0 spiro atoms. The third-order valence-corrected chi connectivity index (χ3v) is 5.18. The Morgan fingerprint density at radius 2 is 1.79 bits per heavy atom. The number of piperidine rings is 1. The van der Waals surface area contributed by atoms with Crippen LogP contribution >= 0.6 is 0 Å². The van der Waals surface area contributed by atoms with Gasteiger partial charge in [0.15, 0.2) is 23.1 Å². The molecule has 2 aromatic rings. The fraction of sp³-hybridized carbons (Fsp3) is 0.476. The molecule has 2 amide bonds. The molecule has 1 aromatic carbocycles. The molecule has 3 rings (SSSR count). The molecule has 1 aliphatic rings. The highest BCUT2D eigenvalue weighted by Gasteiger charge is 2.29. The maximum Gasteiger partial charge on any atom is 0.275 e. The number of hydrogen-bond acceptors (Lipinski definition) is 6. The number of ether oxygens (including phenoxy) is 2. The topological polar surface area (TPSA) is 85.1 Å². The quantitative estimate of drug-likeness (QED) is 0.766. The molecule has 1 aromatic heterocycles. The van der Waals surface area contributed by atoms with Crippen LogP contribution < -0.4 is 9.47 Å². The summed E-state index contributed by atoms with van der Waals surface area (Å²) in [5, 5.41) is 0. The summed E-state index contributed by atoms with van der Waals surface area (Å²) in [4.78, 5) is 32.8. The maximum absolute atomic E-state index is 12.9. The van der Waals surface area contributed by atoms with Crippen LogP contribution in [0.25, 0.3) is 0 Å². The number of amides is 2. The van der Waals surface area contributed by atoms with Crippen molar-refractivity contribution in [3.8, 4) is 11.5 Å². The minimum Gasteiger partial charge on any atom is -0.493 e. The van der Waals surface area contributed by atoms with Crippen LogP contribution in [-0.2, 0) is 0 Å². The number of benzene rings is 1. The standard InChI is InChI=1S/C21H27N3O5/c1-13-18(21(26)23(2)3)22-19(29-13)14-8-10-24(11-9-14)20(25)15-6-7-16(27-4)17(12-15)28-5/h6-7,12,14H,8-11H2,1-5H3. The molecule has 0 saturated carbocycles. The van der Waals surface area contributed by atoms with Crippen molar-refractivity contribution in [1.82, 2.24) is 14.8 Å². The summed E-state index contributed by atoms with van der Waals surface area (Å²) in [6.07, 6.45) is 1.46. The van der Waals surface area contributed by atoms with Crippen molar-refractivity contribution in [3.63, 3.8) is 0 Å². The fourth-order valence-corrected chi connectivity index (χ4v) is 3.48. The van der Waals surface area contributed by atoms with E-state index in [-0.39, 0.29) is 17.7 Å². The van der Waals surface area contributed by atoms with Crippen LogP contribution in [0.4, 0.5) is 0 Å². The predicted octanol–water partition coefficient (Wildman–Crippen LogP) is 2.72. The SMILES string of the molecule is COc1ccc(C(=O)N2CCC(c3nc(C(=O)N(C)C)c(C)o3)CC2)cc1OC. The van der Waals surface area contributed by atoms with Crippen LogP contribution in [0.1, 0.15) is 51.3 Å². The molecule has 156 valence electrons. The average molecular weight is 401 g/mol. The zero-order valence-corrected chi connectivity index (χ0v) is 17.5. The van der Waals surface area contributed by atoms with Gasteiger partial charge in [0, 0.05) is 38.7 Å². The van der Waals surface area contributed by atoms with Crippen LogP contribution in [0.2, 0.25) is 0 Å². The molecule has 8 nitrogen and oxygen atoms in total. The van der Waals surface area contributed by atoms with Crippen LogP contribution in [0, 0.1) is 6.92 Å². The molecule has 0 unspecified atom stereocenters. The highest BCUT2D eigenvalue weighted by Crippen LogP contribution is 2.31. The van der Waals surface area contributed by atoms with E-state index in [2.05, 4.69) is 4.98 Å². The van der Waals surface area contributed by atoms with Crippen LogP contribution in [0.15, 0.2) is 22.6 Å². The molecular weight excluding hydrogens is 374 g/mol. The van der Waals surface area contributed by atoms with E-state index in [1.54, 1.807) is 53.4 Å². The van der Waals surface area contributed by atoms with Gasteiger partial charge in [-0.1, -0.05) is 0 Å². The predicted molar refractivity (Wildman–Crippen MR) is 107 cm³/mol. The summed E-state index contributed by atoms with van der Waals surface area (Å²) in [5.41, 5.74) is 0.917. The van der Waals surface area contributed by atoms with Crippen molar-refractivity contribution in [2.75, 3.05) is 41.4 Å². The molecule has 0 aliphatic carbocycles. The average Bonchev–Trinajstić information content (AvgIpc) is 3.13. The summed E-state index contributed by atoms with van der Waals surface area (Å²) in [6.45, 7) is 2.94. The van der Waals surface area contributed by atoms with Gasteiger partial charge in [0.05, 0.1) is 14.2 Å². The first-order chi connectivity index (χ1) is 13.8. The molecule has 1 aliphatic heterocycles. The number of nitrogens with zero attached hydrogens (tertiary/aromatic N) is 3. The van der Waals surface area contributed by atoms with E-state index < -0.39 is 0 Å². The van der Waals surface area contributed by atoms with Crippen LogP contribution in [0.5, 0.6) is 11.5 Å². The van der Waals surface area contributed by atoms with Crippen molar-refractivity contribution >= 4 is 11.8 Å². The van der Waals surface area contributed by atoms with E-state index in [9.17, 15) is 9.59 Å². The summed E-state index contributed by atoms with van der Waals surface area (Å²) < 4.78 is 16.3. The highest BCUT2D eigenvalue weighted by atomic mass is 16.5. The highest BCUT2D eigenvalue weighted by molar-refractivity contribution is 5.95. The number of hydrogen-bond donors (Lipinski definition) is 0. The van der Waals surface area contributed by atoms with Crippen LogP contribution in [-0.4, -0.2) is 68.0 Å². The first-order valence-electron chi connectivity index (χ1n) is 9.56. The van der Waals surface area contributed by atoms with Gasteiger partial charge in [0.25, 0.3) is 11.8 Å². The van der Waals surface area contributed by atoms with Crippen molar-refractivity contribution < 1.29 is 23.5 Å². The minimum absolute atomic E-state index is 0.0449. The van der Waals surface area contributed by atoms with Gasteiger partial charge in [-0.15, -0.1) is 0 Å². The second-order valence-electron chi connectivity index (χ2n) is 7.29. The zero-order valence-electron chi connectivity index (χ0n) is 17.5. The summed E-state index contributed by atoms with van der Waals surface area (Å²) in [7, 11) is 6.49. The second kappa shape index (κ2) is 8.55. The molecule has 0 radical (unpaired) electrons. The van der Waals surface area contributed by atoms with Crippen molar-refractivity contribution in [2.45, 2.75) is 25.7 Å². The van der Waals surface area contributed by atoms with Crippen molar-refractivity contribution in [2.24, 2.45) is 0 Å². The number of carbonyl (C=O) groups excluding carboxylic acids is 2. The van der Waals surface area contributed by atoms with Gasteiger partial charge in [-0.05, 0) is 38.0 Å². The van der Waals surface area contributed by atoms with Crippen LogP contribution in [0.3, 0.4) is 0 Å². The third kappa shape index (κ3) is 4.21. The maximum atomic E-state index is 12.9. The lowest BCUT2D eigenvalue weighted by molar-refractivity contribution is 0.0705. The lowest BCUT2D eigenvalue weighted by atomic mass is 9.96. The molecule has 0 atom stereocenters. The smallest absolute Gasteiger partial charge is 0.275 e. The first-order valence-corrected chi connectivity index (χ1v) is 9.56. The molecule has 2 heterocycles. The molecule has 29 heavy (non-hydrogen) atoms. The summed E-state index contributed by atoms with van der Waals surface area (Å²) in [6, 6.07) is 5.17. The lowest BCUT2D eigenvalue weighted by Gasteiger charge is -2.30. The molecule has 0 N–H and O–H groups in total. The van der Waals surface area contributed by atoms with E-state index in [0.717, 1.165) is 12.8 Å². The van der Waals surface area contributed by atoms with E-state index in [0.29, 0.717) is 47.5 Å². The van der Waals surface area contributed by atoms with Crippen molar-refractivity contribution in [3.05, 3.63) is 41.1 Å². The lowest BCUT2D eigenvalue weighted by Crippen LogP contribution is -2.38. The molecule has 1 fully saturated rings. The van der Waals surface area contributed by atoms with Gasteiger partial charge >= 0.3 is 0 Å². The monoisotopic (exact) mass is 401 g/mol. The van der Waals surface area contributed by atoms with Gasteiger partial charge in [-0.25, -0.2) is 4.98 Å².